The Morgan fingerprint density at radius 3 is 2.65 bits per heavy atom. The molecular formula is C12H14FNO3. The summed E-state index contributed by atoms with van der Waals surface area (Å²) in [5, 5.41) is 11.1. The van der Waals surface area contributed by atoms with Gasteiger partial charge in [0.25, 0.3) is 0 Å². The second kappa shape index (κ2) is 5.98. The molecule has 1 aromatic rings. The Bertz CT molecular complexity index is 432. The van der Waals surface area contributed by atoms with Gasteiger partial charge in [0.15, 0.2) is 0 Å². The highest BCUT2D eigenvalue weighted by atomic mass is 19.1. The quantitative estimate of drug-likeness (QED) is 0.817. The number of carboxylic acid groups (broad SMARTS) is 1. The van der Waals surface area contributed by atoms with Crippen LogP contribution in [0.2, 0.25) is 0 Å². The molecule has 5 heteroatoms. The largest absolute Gasteiger partial charge is 0.481 e. The van der Waals surface area contributed by atoms with Gasteiger partial charge in [0.1, 0.15) is 5.82 Å². The van der Waals surface area contributed by atoms with Gasteiger partial charge in [-0.3, -0.25) is 9.59 Å². The summed E-state index contributed by atoms with van der Waals surface area (Å²) < 4.78 is 13.5. The molecule has 0 aliphatic heterocycles. The molecule has 0 heterocycles. The highest BCUT2D eigenvalue weighted by Gasteiger charge is 2.06. The number of hydrogen-bond donors (Lipinski definition) is 2. The van der Waals surface area contributed by atoms with Gasteiger partial charge in [-0.2, -0.15) is 0 Å². The molecule has 1 aromatic carbocycles. The number of carbonyl (C=O) groups is 2. The van der Waals surface area contributed by atoms with Crippen molar-refractivity contribution in [3.8, 4) is 0 Å². The molecule has 0 radical (unpaired) electrons. The van der Waals surface area contributed by atoms with Gasteiger partial charge in [0.2, 0.25) is 5.91 Å². The monoisotopic (exact) mass is 239 g/mol. The van der Waals surface area contributed by atoms with Gasteiger partial charge in [-0.15, -0.1) is 0 Å². The smallest absolute Gasteiger partial charge is 0.303 e. The maximum Gasteiger partial charge on any atom is 0.303 e. The van der Waals surface area contributed by atoms with Crippen LogP contribution in [-0.4, -0.2) is 17.0 Å². The average molecular weight is 239 g/mol. The number of aryl methyl sites for hydroxylation is 1. The first kappa shape index (κ1) is 13.2. The predicted molar refractivity (Wildman–Crippen MR) is 59.9 cm³/mol. The van der Waals surface area contributed by atoms with Gasteiger partial charge in [0, 0.05) is 19.9 Å². The number of carboxylic acids is 1. The number of nitrogens with one attached hydrogen (secondary N) is 1. The van der Waals surface area contributed by atoms with Crippen LogP contribution in [0.4, 0.5) is 4.39 Å². The van der Waals surface area contributed by atoms with Crippen molar-refractivity contribution in [3.05, 3.63) is 35.1 Å². The fourth-order valence-electron chi connectivity index (χ4n) is 1.37. The van der Waals surface area contributed by atoms with Crippen molar-refractivity contribution in [1.29, 1.82) is 0 Å². The molecule has 0 saturated heterocycles. The minimum atomic E-state index is -0.952. The molecule has 0 atom stereocenters. The van der Waals surface area contributed by atoms with E-state index in [1.165, 1.54) is 13.0 Å². The Kier molecular flexibility index (Phi) is 4.63. The average Bonchev–Trinajstić information content (AvgIpc) is 2.24. The number of hydrogen-bond acceptors (Lipinski definition) is 2. The van der Waals surface area contributed by atoms with E-state index in [9.17, 15) is 14.0 Å². The normalized spacial score (nSPS) is 10.0. The predicted octanol–water partition coefficient (Wildman–Crippen LogP) is 1.48. The third-order valence-electron chi connectivity index (χ3n) is 2.27. The van der Waals surface area contributed by atoms with Crippen LogP contribution in [0.3, 0.4) is 0 Å². The second-order valence-corrected chi connectivity index (χ2v) is 3.73. The van der Waals surface area contributed by atoms with Crippen LogP contribution in [0, 0.1) is 5.82 Å². The van der Waals surface area contributed by atoms with Gasteiger partial charge in [-0.1, -0.05) is 12.1 Å². The first-order chi connectivity index (χ1) is 7.99. The Hall–Kier alpha value is -1.91. The van der Waals surface area contributed by atoms with E-state index in [0.717, 1.165) is 0 Å². The molecule has 4 nitrogen and oxygen atoms in total. The first-order valence-electron chi connectivity index (χ1n) is 5.22. The molecule has 0 saturated carbocycles. The summed E-state index contributed by atoms with van der Waals surface area (Å²) in [6.45, 7) is 1.66. The van der Waals surface area contributed by atoms with Crippen molar-refractivity contribution >= 4 is 11.9 Å². The van der Waals surface area contributed by atoms with Crippen molar-refractivity contribution in [3.63, 3.8) is 0 Å². The molecule has 0 aliphatic carbocycles. The summed E-state index contributed by atoms with van der Waals surface area (Å²) in [6, 6.07) is 4.54. The zero-order valence-corrected chi connectivity index (χ0v) is 9.50. The molecule has 1 amide bonds. The molecule has 0 aromatic heterocycles. The molecule has 1 rings (SSSR count). The Labute approximate surface area is 98.5 Å². The van der Waals surface area contributed by atoms with Crippen LogP contribution < -0.4 is 5.32 Å². The summed E-state index contributed by atoms with van der Waals surface area (Å²) in [5.74, 6) is -1.57. The summed E-state index contributed by atoms with van der Waals surface area (Å²) in [6.07, 6.45) is 0.0730. The van der Waals surface area contributed by atoms with Gasteiger partial charge in [-0.05, 0) is 23.6 Å². The number of benzene rings is 1. The highest BCUT2D eigenvalue weighted by molar-refractivity contribution is 5.72. The zero-order valence-electron chi connectivity index (χ0n) is 9.50. The SMILES string of the molecule is CC(=O)NCc1ccc(CCC(=O)O)c(F)c1. The summed E-state index contributed by atoms with van der Waals surface area (Å²) in [7, 11) is 0. The lowest BCUT2D eigenvalue weighted by atomic mass is 10.1. The lowest BCUT2D eigenvalue weighted by Gasteiger charge is -2.06. The Morgan fingerprint density at radius 1 is 1.41 bits per heavy atom. The van der Waals surface area contributed by atoms with E-state index in [-0.39, 0.29) is 25.3 Å². The second-order valence-electron chi connectivity index (χ2n) is 3.73. The molecule has 2 N–H and O–H groups in total. The standard InChI is InChI=1S/C12H14FNO3/c1-8(15)14-7-9-2-3-10(11(13)6-9)4-5-12(16)17/h2-3,6H,4-5,7H2,1H3,(H,14,15)(H,16,17). The number of halogens is 1. The molecular weight excluding hydrogens is 225 g/mol. The van der Waals surface area contributed by atoms with Crippen LogP contribution in [0.15, 0.2) is 18.2 Å². The van der Waals surface area contributed by atoms with Crippen molar-refractivity contribution in [1.82, 2.24) is 5.32 Å². The maximum atomic E-state index is 13.5. The highest BCUT2D eigenvalue weighted by Crippen LogP contribution is 2.12. The van der Waals surface area contributed by atoms with E-state index in [1.54, 1.807) is 12.1 Å². The summed E-state index contributed by atoms with van der Waals surface area (Å²) in [5.41, 5.74) is 1.02. The Morgan fingerprint density at radius 2 is 2.12 bits per heavy atom. The molecule has 92 valence electrons. The molecule has 0 bridgehead atoms. The number of rotatable bonds is 5. The fraction of sp³-hybridized carbons (Fsp3) is 0.333. The molecule has 0 fully saturated rings. The van der Waals surface area contributed by atoms with E-state index >= 15 is 0 Å². The fourth-order valence-corrected chi connectivity index (χ4v) is 1.37. The molecule has 0 unspecified atom stereocenters. The molecule has 17 heavy (non-hydrogen) atoms. The molecule has 0 aliphatic rings. The van der Waals surface area contributed by atoms with Crippen LogP contribution in [0.1, 0.15) is 24.5 Å². The summed E-state index contributed by atoms with van der Waals surface area (Å²) in [4.78, 5) is 21.0. The minimum absolute atomic E-state index is 0.0953. The van der Waals surface area contributed by atoms with Crippen molar-refractivity contribution in [2.45, 2.75) is 26.3 Å². The van der Waals surface area contributed by atoms with Gasteiger partial charge < -0.3 is 10.4 Å². The van der Waals surface area contributed by atoms with E-state index < -0.39 is 11.8 Å². The van der Waals surface area contributed by atoms with Crippen LogP contribution in [-0.2, 0) is 22.6 Å². The van der Waals surface area contributed by atoms with Gasteiger partial charge in [0.05, 0.1) is 0 Å². The Balaban J connectivity index is 2.65. The summed E-state index contributed by atoms with van der Waals surface area (Å²) >= 11 is 0. The van der Waals surface area contributed by atoms with E-state index in [1.807, 2.05) is 0 Å². The van der Waals surface area contributed by atoms with Crippen LogP contribution >= 0.6 is 0 Å². The number of carbonyl (C=O) groups excluding carboxylic acids is 1. The van der Waals surface area contributed by atoms with Crippen LogP contribution in [0.5, 0.6) is 0 Å². The van der Waals surface area contributed by atoms with E-state index in [4.69, 9.17) is 5.11 Å². The topological polar surface area (TPSA) is 66.4 Å². The number of aliphatic carboxylic acids is 1. The minimum Gasteiger partial charge on any atom is -0.481 e. The van der Waals surface area contributed by atoms with Crippen LogP contribution in [0.25, 0.3) is 0 Å². The first-order valence-corrected chi connectivity index (χ1v) is 5.22. The zero-order chi connectivity index (χ0) is 12.8. The maximum absolute atomic E-state index is 13.5. The lowest BCUT2D eigenvalue weighted by Crippen LogP contribution is -2.19. The van der Waals surface area contributed by atoms with Gasteiger partial charge in [-0.25, -0.2) is 4.39 Å². The van der Waals surface area contributed by atoms with Crippen molar-refractivity contribution in [2.24, 2.45) is 0 Å². The third-order valence-corrected chi connectivity index (χ3v) is 2.27. The third kappa shape index (κ3) is 4.63. The van der Waals surface area contributed by atoms with E-state index in [0.29, 0.717) is 11.1 Å². The van der Waals surface area contributed by atoms with Crippen molar-refractivity contribution in [2.75, 3.05) is 0 Å². The van der Waals surface area contributed by atoms with Crippen molar-refractivity contribution < 1.29 is 19.1 Å². The molecule has 0 spiro atoms. The lowest BCUT2D eigenvalue weighted by molar-refractivity contribution is -0.137. The van der Waals surface area contributed by atoms with Gasteiger partial charge >= 0.3 is 5.97 Å². The number of amides is 1. The van der Waals surface area contributed by atoms with E-state index in [2.05, 4.69) is 5.32 Å².